The highest BCUT2D eigenvalue weighted by Gasteiger charge is 2.33. The van der Waals surface area contributed by atoms with E-state index in [9.17, 15) is 18.0 Å². The summed E-state index contributed by atoms with van der Waals surface area (Å²) in [5.41, 5.74) is 0.954. The molecular weight excluding hydrogens is 344 g/mol. The van der Waals surface area contributed by atoms with Gasteiger partial charge in [-0.05, 0) is 25.0 Å². The van der Waals surface area contributed by atoms with Crippen LogP contribution in [0.3, 0.4) is 0 Å². The normalized spacial score (nSPS) is 18.9. The van der Waals surface area contributed by atoms with Gasteiger partial charge in [0, 0.05) is 6.42 Å². The van der Waals surface area contributed by atoms with Crippen LogP contribution in [0.4, 0.5) is 0 Å². The molecule has 0 saturated carbocycles. The van der Waals surface area contributed by atoms with Crippen molar-refractivity contribution in [3.63, 3.8) is 0 Å². The van der Waals surface area contributed by atoms with Crippen molar-refractivity contribution in [2.45, 2.75) is 44.2 Å². The van der Waals surface area contributed by atoms with Crippen LogP contribution < -0.4 is 10.6 Å². The predicted molar refractivity (Wildman–Crippen MR) is 92.5 cm³/mol. The molecule has 0 unspecified atom stereocenters. The first-order valence-corrected chi connectivity index (χ1v) is 9.86. The van der Waals surface area contributed by atoms with Gasteiger partial charge in [-0.2, -0.15) is 0 Å². The third-order valence-corrected chi connectivity index (χ3v) is 5.60. The number of nitrogens with one attached hydrogen (secondary N) is 2. The van der Waals surface area contributed by atoms with Crippen molar-refractivity contribution < 1.29 is 22.7 Å². The zero-order valence-electron chi connectivity index (χ0n) is 14.6. The van der Waals surface area contributed by atoms with Crippen LogP contribution in [-0.4, -0.2) is 44.9 Å². The largest absolute Gasteiger partial charge is 0.464 e. The van der Waals surface area contributed by atoms with Crippen LogP contribution >= 0.6 is 0 Å². The number of carbonyl (C=O) groups excluding carboxylic acids is 2. The van der Waals surface area contributed by atoms with E-state index in [2.05, 4.69) is 10.6 Å². The summed E-state index contributed by atoms with van der Waals surface area (Å²) in [7, 11) is -3.62. The zero-order chi connectivity index (χ0) is 18.6. The van der Waals surface area contributed by atoms with Gasteiger partial charge >= 0.3 is 5.97 Å². The lowest BCUT2D eigenvalue weighted by molar-refractivity contribution is -0.140. The average molecular weight is 368 g/mol. The molecule has 1 heterocycles. The first-order chi connectivity index (χ1) is 11.7. The molecule has 0 spiro atoms. The number of rotatable bonds is 7. The van der Waals surface area contributed by atoms with Crippen molar-refractivity contribution in [2.75, 3.05) is 12.5 Å². The van der Waals surface area contributed by atoms with Gasteiger partial charge in [-0.15, -0.1) is 0 Å². The molecule has 1 saturated heterocycles. The Morgan fingerprint density at radius 1 is 1.28 bits per heavy atom. The van der Waals surface area contributed by atoms with E-state index in [1.807, 2.05) is 20.8 Å². The Hall–Kier alpha value is -1.93. The molecule has 25 heavy (non-hydrogen) atoms. The van der Waals surface area contributed by atoms with E-state index in [-0.39, 0.29) is 16.8 Å². The van der Waals surface area contributed by atoms with Crippen LogP contribution in [0.25, 0.3) is 0 Å². The molecule has 1 aromatic carbocycles. The Labute approximate surface area is 148 Å². The van der Waals surface area contributed by atoms with E-state index in [0.717, 1.165) is 5.56 Å². The summed E-state index contributed by atoms with van der Waals surface area (Å²) in [6.45, 7) is 5.84. The molecule has 138 valence electrons. The summed E-state index contributed by atoms with van der Waals surface area (Å²) in [6, 6.07) is 5.24. The van der Waals surface area contributed by atoms with Gasteiger partial charge in [0.2, 0.25) is 5.91 Å². The van der Waals surface area contributed by atoms with Gasteiger partial charge in [0.05, 0.1) is 17.5 Å². The summed E-state index contributed by atoms with van der Waals surface area (Å²) in [4.78, 5) is 24.2. The molecule has 1 amide bonds. The Morgan fingerprint density at radius 2 is 1.92 bits per heavy atom. The minimum Gasteiger partial charge on any atom is -0.464 e. The first-order valence-electron chi connectivity index (χ1n) is 8.20. The Balaban J connectivity index is 2.00. The predicted octanol–water partition coefficient (Wildman–Crippen LogP) is 0.772. The average Bonchev–Trinajstić information content (AvgIpc) is 2.95. The number of aryl methyl sites for hydroxylation is 1. The molecular formula is C17H24N2O5S. The monoisotopic (exact) mass is 368 g/mol. The third kappa shape index (κ3) is 5.02. The molecule has 2 atom stereocenters. The van der Waals surface area contributed by atoms with Crippen LogP contribution in [-0.2, 0) is 24.2 Å². The summed E-state index contributed by atoms with van der Waals surface area (Å²) in [5.74, 6) is -1.44. The first kappa shape index (κ1) is 19.4. The van der Waals surface area contributed by atoms with E-state index in [1.54, 1.807) is 12.1 Å². The van der Waals surface area contributed by atoms with Crippen LogP contribution in [0, 0.1) is 12.8 Å². The lowest BCUT2D eigenvalue weighted by Gasteiger charge is -2.23. The van der Waals surface area contributed by atoms with E-state index in [4.69, 9.17) is 4.74 Å². The SMILES string of the molecule is Cc1ccc(S(=O)(=O)CNC(=O)[C@@H](N[C@H]2CCOC2=O)C(C)C)cc1. The number of carbonyl (C=O) groups is 2. The highest BCUT2D eigenvalue weighted by Crippen LogP contribution is 2.13. The minimum atomic E-state index is -3.62. The number of ether oxygens (including phenoxy) is 1. The second-order valence-corrected chi connectivity index (χ2v) is 8.50. The number of esters is 1. The molecule has 1 aromatic rings. The van der Waals surface area contributed by atoms with Crippen molar-refractivity contribution >= 4 is 21.7 Å². The van der Waals surface area contributed by atoms with E-state index in [1.165, 1.54) is 12.1 Å². The van der Waals surface area contributed by atoms with Crippen LogP contribution in [0.5, 0.6) is 0 Å². The fraction of sp³-hybridized carbons (Fsp3) is 0.529. The second kappa shape index (κ2) is 7.97. The standard InChI is InChI=1S/C17H24N2O5S/c1-11(2)15(19-14-8-9-24-17(14)21)16(20)18-10-25(22,23)13-6-4-12(3)5-7-13/h4-7,11,14-15,19H,8-10H2,1-3H3,(H,18,20)/t14-,15-/m0/s1. The summed E-state index contributed by atoms with van der Waals surface area (Å²) < 4.78 is 29.5. The molecule has 0 aromatic heterocycles. The third-order valence-electron chi connectivity index (χ3n) is 4.08. The molecule has 0 radical (unpaired) electrons. The van der Waals surface area contributed by atoms with Crippen LogP contribution in [0.1, 0.15) is 25.8 Å². The van der Waals surface area contributed by atoms with E-state index < -0.39 is 33.7 Å². The maximum Gasteiger partial charge on any atom is 0.323 e. The highest BCUT2D eigenvalue weighted by atomic mass is 32.2. The molecule has 2 N–H and O–H groups in total. The lowest BCUT2D eigenvalue weighted by atomic mass is 10.0. The van der Waals surface area contributed by atoms with Crippen molar-refractivity contribution in [2.24, 2.45) is 5.92 Å². The molecule has 7 nitrogen and oxygen atoms in total. The Morgan fingerprint density at radius 3 is 2.44 bits per heavy atom. The van der Waals surface area contributed by atoms with E-state index >= 15 is 0 Å². The molecule has 8 heteroatoms. The molecule has 2 rings (SSSR count). The lowest BCUT2D eigenvalue weighted by Crippen LogP contribution is -2.53. The van der Waals surface area contributed by atoms with Gasteiger partial charge in [-0.1, -0.05) is 31.5 Å². The minimum absolute atomic E-state index is 0.115. The van der Waals surface area contributed by atoms with Gasteiger partial charge in [0.15, 0.2) is 9.84 Å². The smallest absolute Gasteiger partial charge is 0.323 e. The number of benzene rings is 1. The van der Waals surface area contributed by atoms with Gasteiger partial charge in [0.1, 0.15) is 11.9 Å². The van der Waals surface area contributed by atoms with Crippen LogP contribution in [0.2, 0.25) is 0 Å². The maximum absolute atomic E-state index is 12.4. The Kier molecular flexibility index (Phi) is 6.18. The van der Waals surface area contributed by atoms with Crippen LogP contribution in [0.15, 0.2) is 29.2 Å². The van der Waals surface area contributed by atoms with Gasteiger partial charge in [-0.3, -0.25) is 14.9 Å². The highest BCUT2D eigenvalue weighted by molar-refractivity contribution is 7.91. The Bertz CT molecular complexity index is 728. The van der Waals surface area contributed by atoms with Crippen molar-refractivity contribution in [1.82, 2.24) is 10.6 Å². The molecule has 0 aliphatic carbocycles. The van der Waals surface area contributed by atoms with Crippen molar-refractivity contribution in [3.8, 4) is 0 Å². The summed E-state index contributed by atoms with van der Waals surface area (Å²) in [6.07, 6.45) is 0.497. The molecule has 1 aliphatic heterocycles. The number of sulfone groups is 1. The fourth-order valence-electron chi connectivity index (χ4n) is 2.54. The maximum atomic E-state index is 12.4. The topological polar surface area (TPSA) is 102 Å². The van der Waals surface area contributed by atoms with Gasteiger partial charge in [0.25, 0.3) is 0 Å². The number of cyclic esters (lactones) is 1. The fourth-order valence-corrected chi connectivity index (χ4v) is 3.59. The van der Waals surface area contributed by atoms with E-state index in [0.29, 0.717) is 13.0 Å². The number of hydrogen-bond donors (Lipinski definition) is 2. The number of amides is 1. The van der Waals surface area contributed by atoms with Gasteiger partial charge in [-0.25, -0.2) is 8.42 Å². The second-order valence-electron chi connectivity index (χ2n) is 6.51. The zero-order valence-corrected chi connectivity index (χ0v) is 15.4. The van der Waals surface area contributed by atoms with Gasteiger partial charge < -0.3 is 10.1 Å². The molecule has 1 aliphatic rings. The molecule has 0 bridgehead atoms. The molecule has 1 fully saturated rings. The van der Waals surface area contributed by atoms with Crippen molar-refractivity contribution in [3.05, 3.63) is 29.8 Å². The quantitative estimate of drug-likeness (QED) is 0.690. The number of hydrogen-bond acceptors (Lipinski definition) is 6. The van der Waals surface area contributed by atoms with Crippen molar-refractivity contribution in [1.29, 1.82) is 0 Å². The summed E-state index contributed by atoms with van der Waals surface area (Å²) >= 11 is 0. The summed E-state index contributed by atoms with van der Waals surface area (Å²) in [5, 5.41) is 5.43.